The molecule has 16 heavy (non-hydrogen) atoms. The topological polar surface area (TPSA) is 64.4 Å². The lowest BCUT2D eigenvalue weighted by Crippen LogP contribution is -2.20. The highest BCUT2D eigenvalue weighted by molar-refractivity contribution is 5.94. The minimum absolute atomic E-state index is 0.0219. The number of hydrogen-bond donors (Lipinski definition) is 2. The average Bonchev–Trinajstić information content (AvgIpc) is 2.28. The molecule has 4 nitrogen and oxygen atoms in total. The fourth-order valence-corrected chi connectivity index (χ4v) is 1.26. The van der Waals surface area contributed by atoms with Gasteiger partial charge >= 0.3 is 0 Å². The van der Waals surface area contributed by atoms with Crippen molar-refractivity contribution >= 4 is 17.3 Å². The number of anilines is 2. The van der Waals surface area contributed by atoms with Crippen molar-refractivity contribution in [1.82, 2.24) is 0 Å². The van der Waals surface area contributed by atoms with Crippen molar-refractivity contribution in [1.29, 1.82) is 0 Å². The Morgan fingerprint density at radius 1 is 1.56 bits per heavy atom. The second kappa shape index (κ2) is 5.39. The van der Waals surface area contributed by atoms with Gasteiger partial charge in [-0.05, 0) is 24.6 Å². The molecule has 1 amide bonds. The Balaban J connectivity index is 2.87. The number of nitrogens with two attached hydrogens (primary N) is 1. The standard InChI is InChI=1S/C12H18N2O2/c1-4-8(2)12(15)14-10-7-9(13)5-6-11(10)16-3/h5-8H,4,13H2,1-3H3,(H,14,15)/t8-/m0/s1. The second-order valence-corrected chi connectivity index (χ2v) is 3.76. The molecule has 1 aromatic carbocycles. The molecule has 0 bridgehead atoms. The zero-order valence-electron chi connectivity index (χ0n) is 9.91. The van der Waals surface area contributed by atoms with Crippen molar-refractivity contribution in [3.8, 4) is 5.75 Å². The number of benzene rings is 1. The van der Waals surface area contributed by atoms with Crippen molar-refractivity contribution in [2.75, 3.05) is 18.2 Å². The van der Waals surface area contributed by atoms with E-state index in [2.05, 4.69) is 5.32 Å². The van der Waals surface area contributed by atoms with E-state index in [0.29, 0.717) is 17.1 Å². The first-order valence-corrected chi connectivity index (χ1v) is 5.32. The SMILES string of the molecule is CC[C@H](C)C(=O)Nc1cc(N)ccc1OC. The molecule has 0 saturated heterocycles. The molecule has 0 aliphatic rings. The molecule has 1 rings (SSSR count). The quantitative estimate of drug-likeness (QED) is 0.768. The number of carbonyl (C=O) groups excluding carboxylic acids is 1. The Bertz CT molecular complexity index is 377. The Hall–Kier alpha value is -1.71. The van der Waals surface area contributed by atoms with Gasteiger partial charge in [-0.15, -0.1) is 0 Å². The van der Waals surface area contributed by atoms with E-state index in [1.54, 1.807) is 25.3 Å². The molecule has 0 aliphatic carbocycles. The van der Waals surface area contributed by atoms with Gasteiger partial charge in [-0.2, -0.15) is 0 Å². The van der Waals surface area contributed by atoms with Crippen LogP contribution in [0.2, 0.25) is 0 Å². The van der Waals surface area contributed by atoms with Crippen LogP contribution in [-0.4, -0.2) is 13.0 Å². The summed E-state index contributed by atoms with van der Waals surface area (Å²) in [5.41, 5.74) is 6.88. The highest BCUT2D eigenvalue weighted by Crippen LogP contribution is 2.27. The minimum Gasteiger partial charge on any atom is -0.495 e. The molecule has 4 heteroatoms. The van der Waals surface area contributed by atoms with E-state index < -0.39 is 0 Å². The van der Waals surface area contributed by atoms with Crippen LogP contribution in [0.1, 0.15) is 20.3 Å². The summed E-state index contributed by atoms with van der Waals surface area (Å²) in [5.74, 6) is 0.573. The molecule has 0 unspecified atom stereocenters. The number of ether oxygens (including phenoxy) is 1. The lowest BCUT2D eigenvalue weighted by Gasteiger charge is -2.13. The lowest BCUT2D eigenvalue weighted by molar-refractivity contribution is -0.119. The third-order valence-electron chi connectivity index (χ3n) is 2.54. The zero-order chi connectivity index (χ0) is 12.1. The van der Waals surface area contributed by atoms with Gasteiger partial charge in [-0.25, -0.2) is 0 Å². The first-order chi connectivity index (χ1) is 7.58. The molecule has 0 heterocycles. The van der Waals surface area contributed by atoms with Gasteiger partial charge in [0.2, 0.25) is 5.91 Å². The first-order valence-electron chi connectivity index (χ1n) is 5.32. The first kappa shape index (κ1) is 12.4. The maximum absolute atomic E-state index is 11.7. The summed E-state index contributed by atoms with van der Waals surface area (Å²) in [6.45, 7) is 3.86. The van der Waals surface area contributed by atoms with Gasteiger partial charge in [0.15, 0.2) is 0 Å². The van der Waals surface area contributed by atoms with Crippen molar-refractivity contribution in [2.45, 2.75) is 20.3 Å². The van der Waals surface area contributed by atoms with Gasteiger partial charge in [0.1, 0.15) is 5.75 Å². The summed E-state index contributed by atoms with van der Waals surface area (Å²) in [7, 11) is 1.56. The average molecular weight is 222 g/mol. The summed E-state index contributed by atoms with van der Waals surface area (Å²) >= 11 is 0. The molecule has 0 saturated carbocycles. The molecule has 1 atom stereocenters. The maximum Gasteiger partial charge on any atom is 0.227 e. The Kier molecular flexibility index (Phi) is 4.17. The summed E-state index contributed by atoms with van der Waals surface area (Å²) in [5, 5.41) is 2.81. The minimum atomic E-state index is -0.0221. The highest BCUT2D eigenvalue weighted by Gasteiger charge is 2.13. The third kappa shape index (κ3) is 2.89. The van der Waals surface area contributed by atoms with Crippen LogP contribution < -0.4 is 15.8 Å². The molecule has 0 aromatic heterocycles. The zero-order valence-corrected chi connectivity index (χ0v) is 9.91. The van der Waals surface area contributed by atoms with Crippen LogP contribution in [0.5, 0.6) is 5.75 Å². The highest BCUT2D eigenvalue weighted by atomic mass is 16.5. The largest absolute Gasteiger partial charge is 0.495 e. The van der Waals surface area contributed by atoms with Crippen molar-refractivity contribution in [2.24, 2.45) is 5.92 Å². The molecule has 0 radical (unpaired) electrons. The Labute approximate surface area is 95.8 Å². The Morgan fingerprint density at radius 3 is 2.81 bits per heavy atom. The summed E-state index contributed by atoms with van der Waals surface area (Å²) in [4.78, 5) is 11.7. The van der Waals surface area contributed by atoms with Crippen molar-refractivity contribution in [3.63, 3.8) is 0 Å². The van der Waals surface area contributed by atoms with E-state index in [-0.39, 0.29) is 11.8 Å². The molecule has 0 aliphatic heterocycles. The van der Waals surface area contributed by atoms with Gasteiger partial charge in [-0.3, -0.25) is 4.79 Å². The number of carbonyl (C=O) groups is 1. The van der Waals surface area contributed by atoms with Crippen LogP contribution in [0.25, 0.3) is 0 Å². The van der Waals surface area contributed by atoms with Gasteiger partial charge in [-0.1, -0.05) is 13.8 Å². The normalized spacial score (nSPS) is 11.9. The number of rotatable bonds is 4. The van der Waals surface area contributed by atoms with Crippen LogP contribution in [0.3, 0.4) is 0 Å². The van der Waals surface area contributed by atoms with Crippen LogP contribution in [0.4, 0.5) is 11.4 Å². The molecule has 0 fully saturated rings. The van der Waals surface area contributed by atoms with E-state index >= 15 is 0 Å². The van der Waals surface area contributed by atoms with Crippen LogP contribution >= 0.6 is 0 Å². The summed E-state index contributed by atoms with van der Waals surface area (Å²) < 4.78 is 5.14. The fraction of sp³-hybridized carbons (Fsp3) is 0.417. The molecule has 1 aromatic rings. The number of amides is 1. The van der Waals surface area contributed by atoms with Gasteiger partial charge in [0.05, 0.1) is 12.8 Å². The van der Waals surface area contributed by atoms with E-state index in [1.165, 1.54) is 0 Å². The van der Waals surface area contributed by atoms with Crippen molar-refractivity contribution < 1.29 is 9.53 Å². The number of hydrogen-bond acceptors (Lipinski definition) is 3. The number of nitrogen functional groups attached to an aromatic ring is 1. The van der Waals surface area contributed by atoms with Gasteiger partial charge in [0, 0.05) is 11.6 Å². The lowest BCUT2D eigenvalue weighted by atomic mass is 10.1. The van der Waals surface area contributed by atoms with Crippen LogP contribution in [0.15, 0.2) is 18.2 Å². The summed E-state index contributed by atoms with van der Waals surface area (Å²) in [6.07, 6.45) is 0.802. The van der Waals surface area contributed by atoms with Crippen molar-refractivity contribution in [3.05, 3.63) is 18.2 Å². The van der Waals surface area contributed by atoms with E-state index in [9.17, 15) is 4.79 Å². The third-order valence-corrected chi connectivity index (χ3v) is 2.54. The van der Waals surface area contributed by atoms with E-state index in [4.69, 9.17) is 10.5 Å². The Morgan fingerprint density at radius 2 is 2.25 bits per heavy atom. The fourth-order valence-electron chi connectivity index (χ4n) is 1.26. The molecule has 0 spiro atoms. The second-order valence-electron chi connectivity index (χ2n) is 3.76. The predicted molar refractivity (Wildman–Crippen MR) is 65.5 cm³/mol. The monoisotopic (exact) mass is 222 g/mol. The van der Waals surface area contributed by atoms with Gasteiger partial charge < -0.3 is 15.8 Å². The van der Waals surface area contributed by atoms with Gasteiger partial charge in [0.25, 0.3) is 0 Å². The van der Waals surface area contributed by atoms with Crippen LogP contribution in [-0.2, 0) is 4.79 Å². The maximum atomic E-state index is 11.7. The molecule has 3 N–H and O–H groups in total. The van der Waals surface area contributed by atoms with E-state index in [0.717, 1.165) is 6.42 Å². The van der Waals surface area contributed by atoms with E-state index in [1.807, 2.05) is 13.8 Å². The predicted octanol–water partition coefficient (Wildman–Crippen LogP) is 2.26. The van der Waals surface area contributed by atoms with Crippen LogP contribution in [0, 0.1) is 5.92 Å². The smallest absolute Gasteiger partial charge is 0.227 e. The number of methoxy groups -OCH3 is 1. The molecular weight excluding hydrogens is 204 g/mol. The summed E-state index contributed by atoms with van der Waals surface area (Å²) in [6, 6.07) is 5.17. The molecule has 88 valence electrons. The molecular formula is C12H18N2O2. The number of nitrogens with one attached hydrogen (secondary N) is 1.